The molecule has 0 aromatic carbocycles. The van der Waals surface area contributed by atoms with Crippen molar-refractivity contribution in [3.8, 4) is 0 Å². The van der Waals surface area contributed by atoms with E-state index in [-0.39, 0.29) is 24.3 Å². The third-order valence-corrected chi connectivity index (χ3v) is 3.95. The Bertz CT molecular complexity index is 277. The number of nitrogens with one attached hydrogen (secondary N) is 1. The van der Waals surface area contributed by atoms with E-state index in [9.17, 15) is 8.42 Å². The molecular formula is C11H25NO4S. The maximum atomic E-state index is 11.7. The Kier molecular flexibility index (Phi) is 8.77. The number of rotatable bonds is 10. The highest BCUT2D eigenvalue weighted by Gasteiger charge is 2.20. The van der Waals surface area contributed by atoms with Crippen LogP contribution in [0.1, 0.15) is 33.6 Å². The van der Waals surface area contributed by atoms with Crippen molar-refractivity contribution in [2.75, 3.05) is 25.6 Å². The molecular weight excluding hydrogens is 242 g/mol. The molecule has 1 atom stereocenters. The standard InChI is InChI=1S/C11H25NO4S/c1-4-16-9-11(10(2)3)12-17(14,15)8-6-5-7-13/h10-13H,4-9H2,1-3H3. The first-order valence-corrected chi connectivity index (χ1v) is 7.76. The summed E-state index contributed by atoms with van der Waals surface area (Å²) in [6.45, 7) is 6.80. The molecule has 0 heterocycles. The molecule has 1 unspecified atom stereocenters. The Labute approximate surface area is 105 Å². The van der Waals surface area contributed by atoms with Gasteiger partial charge < -0.3 is 9.84 Å². The first kappa shape index (κ1) is 16.8. The summed E-state index contributed by atoms with van der Waals surface area (Å²) in [4.78, 5) is 0. The summed E-state index contributed by atoms with van der Waals surface area (Å²) >= 11 is 0. The van der Waals surface area contributed by atoms with Crippen molar-refractivity contribution >= 4 is 10.0 Å². The van der Waals surface area contributed by atoms with Crippen LogP contribution in [0, 0.1) is 5.92 Å². The van der Waals surface area contributed by atoms with Gasteiger partial charge in [0.1, 0.15) is 0 Å². The molecule has 0 aliphatic rings. The zero-order valence-electron chi connectivity index (χ0n) is 11.0. The van der Waals surface area contributed by atoms with Gasteiger partial charge in [0, 0.05) is 19.3 Å². The Balaban J connectivity index is 4.22. The zero-order chi connectivity index (χ0) is 13.3. The van der Waals surface area contributed by atoms with Crippen LogP contribution in [0.2, 0.25) is 0 Å². The summed E-state index contributed by atoms with van der Waals surface area (Å²) in [5.41, 5.74) is 0. The summed E-state index contributed by atoms with van der Waals surface area (Å²) in [7, 11) is -3.27. The molecule has 17 heavy (non-hydrogen) atoms. The molecule has 6 heteroatoms. The first-order chi connectivity index (χ1) is 7.93. The lowest BCUT2D eigenvalue weighted by atomic mass is 10.1. The summed E-state index contributed by atoms with van der Waals surface area (Å²) in [6, 6.07) is -0.186. The normalized spacial score (nSPS) is 14.2. The summed E-state index contributed by atoms with van der Waals surface area (Å²) in [6.07, 6.45) is 0.990. The maximum Gasteiger partial charge on any atom is 0.211 e. The Morgan fingerprint density at radius 2 is 1.94 bits per heavy atom. The highest BCUT2D eigenvalue weighted by molar-refractivity contribution is 7.89. The third-order valence-electron chi connectivity index (χ3n) is 2.46. The Morgan fingerprint density at radius 3 is 2.41 bits per heavy atom. The van der Waals surface area contributed by atoms with E-state index in [2.05, 4.69) is 4.72 Å². The Morgan fingerprint density at radius 1 is 1.29 bits per heavy atom. The SMILES string of the molecule is CCOCC(NS(=O)(=O)CCCCO)C(C)C. The molecule has 104 valence electrons. The van der Waals surface area contributed by atoms with E-state index < -0.39 is 10.0 Å². The van der Waals surface area contributed by atoms with Gasteiger partial charge in [-0.15, -0.1) is 0 Å². The van der Waals surface area contributed by atoms with Crippen molar-refractivity contribution in [1.82, 2.24) is 4.72 Å². The fraction of sp³-hybridized carbons (Fsp3) is 1.00. The molecule has 0 aliphatic heterocycles. The lowest BCUT2D eigenvalue weighted by molar-refractivity contribution is 0.116. The predicted octanol–water partition coefficient (Wildman–Crippen LogP) is 0.739. The third kappa shape index (κ3) is 8.54. The van der Waals surface area contributed by atoms with E-state index in [4.69, 9.17) is 9.84 Å². The largest absolute Gasteiger partial charge is 0.396 e. The van der Waals surface area contributed by atoms with Crippen molar-refractivity contribution in [2.24, 2.45) is 5.92 Å². The van der Waals surface area contributed by atoms with Crippen LogP contribution >= 0.6 is 0 Å². The topological polar surface area (TPSA) is 75.6 Å². The first-order valence-electron chi connectivity index (χ1n) is 6.11. The van der Waals surface area contributed by atoms with Gasteiger partial charge in [-0.2, -0.15) is 0 Å². The van der Waals surface area contributed by atoms with Gasteiger partial charge in [0.05, 0.1) is 12.4 Å². The van der Waals surface area contributed by atoms with Gasteiger partial charge in [-0.3, -0.25) is 0 Å². The van der Waals surface area contributed by atoms with Crippen LogP contribution in [0.15, 0.2) is 0 Å². The van der Waals surface area contributed by atoms with E-state index in [1.54, 1.807) is 0 Å². The Hall–Kier alpha value is -0.170. The number of sulfonamides is 1. The molecule has 0 bridgehead atoms. The van der Waals surface area contributed by atoms with Gasteiger partial charge in [-0.1, -0.05) is 13.8 Å². The molecule has 0 fully saturated rings. The second-order valence-electron chi connectivity index (χ2n) is 4.38. The van der Waals surface area contributed by atoms with E-state index in [1.807, 2.05) is 20.8 Å². The van der Waals surface area contributed by atoms with Crippen LogP contribution in [0.5, 0.6) is 0 Å². The molecule has 0 spiro atoms. The molecule has 5 nitrogen and oxygen atoms in total. The summed E-state index contributed by atoms with van der Waals surface area (Å²) in [5, 5.41) is 8.61. The van der Waals surface area contributed by atoms with Crippen molar-refractivity contribution in [3.63, 3.8) is 0 Å². The monoisotopic (exact) mass is 267 g/mol. The quantitative estimate of drug-likeness (QED) is 0.572. The lowest BCUT2D eigenvalue weighted by Crippen LogP contribution is -2.42. The summed E-state index contributed by atoms with van der Waals surface area (Å²) in [5.74, 6) is 0.247. The van der Waals surface area contributed by atoms with E-state index >= 15 is 0 Å². The van der Waals surface area contributed by atoms with Crippen molar-refractivity contribution in [3.05, 3.63) is 0 Å². The number of hydrogen-bond donors (Lipinski definition) is 2. The van der Waals surface area contributed by atoms with Crippen LogP contribution in [0.3, 0.4) is 0 Å². The van der Waals surface area contributed by atoms with Gasteiger partial charge >= 0.3 is 0 Å². The number of ether oxygens (including phenoxy) is 1. The van der Waals surface area contributed by atoms with Crippen LogP contribution in [0.4, 0.5) is 0 Å². The van der Waals surface area contributed by atoms with Crippen molar-refractivity contribution in [1.29, 1.82) is 0 Å². The fourth-order valence-corrected chi connectivity index (χ4v) is 2.80. The van der Waals surface area contributed by atoms with Gasteiger partial charge in [0.25, 0.3) is 0 Å². The number of aliphatic hydroxyl groups excluding tert-OH is 1. The van der Waals surface area contributed by atoms with Gasteiger partial charge in [0.15, 0.2) is 0 Å². The minimum atomic E-state index is -3.27. The molecule has 0 aromatic rings. The van der Waals surface area contributed by atoms with Crippen LogP contribution in [0.25, 0.3) is 0 Å². The summed E-state index contributed by atoms with van der Waals surface area (Å²) < 4.78 is 31.4. The molecule has 0 saturated carbocycles. The minimum absolute atomic E-state index is 0.0298. The van der Waals surface area contributed by atoms with Crippen LogP contribution < -0.4 is 4.72 Å². The molecule has 0 amide bonds. The maximum absolute atomic E-state index is 11.7. The van der Waals surface area contributed by atoms with E-state index in [1.165, 1.54) is 0 Å². The average molecular weight is 267 g/mol. The number of unbranched alkanes of at least 4 members (excludes halogenated alkanes) is 1. The molecule has 2 N–H and O–H groups in total. The smallest absolute Gasteiger partial charge is 0.211 e. The van der Waals surface area contributed by atoms with E-state index in [0.29, 0.717) is 26.1 Å². The van der Waals surface area contributed by atoms with Crippen molar-refractivity contribution < 1.29 is 18.3 Å². The molecule has 0 radical (unpaired) electrons. The highest BCUT2D eigenvalue weighted by atomic mass is 32.2. The molecule has 0 aromatic heterocycles. The van der Waals surface area contributed by atoms with Crippen LogP contribution in [-0.4, -0.2) is 45.1 Å². The number of hydrogen-bond acceptors (Lipinski definition) is 4. The van der Waals surface area contributed by atoms with E-state index in [0.717, 1.165) is 0 Å². The van der Waals surface area contributed by atoms with Crippen molar-refractivity contribution in [2.45, 2.75) is 39.7 Å². The zero-order valence-corrected chi connectivity index (χ0v) is 11.8. The molecule has 0 aliphatic carbocycles. The predicted molar refractivity (Wildman–Crippen MR) is 68.4 cm³/mol. The second-order valence-corrected chi connectivity index (χ2v) is 6.25. The highest BCUT2D eigenvalue weighted by Crippen LogP contribution is 2.05. The molecule has 0 rings (SSSR count). The minimum Gasteiger partial charge on any atom is -0.396 e. The van der Waals surface area contributed by atoms with Gasteiger partial charge in [-0.05, 0) is 25.7 Å². The van der Waals surface area contributed by atoms with Gasteiger partial charge in [0.2, 0.25) is 10.0 Å². The molecule has 0 saturated heterocycles. The number of aliphatic hydroxyl groups is 1. The second kappa shape index (κ2) is 8.85. The average Bonchev–Trinajstić information content (AvgIpc) is 2.24. The van der Waals surface area contributed by atoms with Gasteiger partial charge in [-0.25, -0.2) is 13.1 Å². The van der Waals surface area contributed by atoms with Crippen LogP contribution in [-0.2, 0) is 14.8 Å². The fourth-order valence-electron chi connectivity index (χ4n) is 1.30. The lowest BCUT2D eigenvalue weighted by Gasteiger charge is -2.21.